The van der Waals surface area contributed by atoms with Gasteiger partial charge < -0.3 is 21.4 Å². The van der Waals surface area contributed by atoms with Gasteiger partial charge in [0.05, 0.1) is 21.8 Å². The molecule has 2 heterocycles. The highest BCUT2D eigenvalue weighted by molar-refractivity contribution is 6.38. The van der Waals surface area contributed by atoms with Gasteiger partial charge in [0.25, 0.3) is 5.91 Å². The fraction of sp³-hybridized carbons (Fsp3) is 0.400. The maximum Gasteiger partial charge on any atom is 0.250 e. The first-order valence-corrected chi connectivity index (χ1v) is 7.62. The van der Waals surface area contributed by atoms with Crippen LogP contribution in [0.2, 0.25) is 5.02 Å². The Morgan fingerprint density at radius 2 is 2.12 bits per heavy atom. The minimum absolute atomic E-state index is 0. The fourth-order valence-electron chi connectivity index (χ4n) is 3.17. The number of rotatable bonds is 2. The number of hydrogen-bond donors (Lipinski definition) is 3. The lowest BCUT2D eigenvalue weighted by atomic mass is 10.0. The number of nitrogens with zero attached hydrogens (tertiary/aromatic N) is 1. The van der Waals surface area contributed by atoms with Crippen LogP contribution in [0.5, 0.6) is 0 Å². The Kier molecular flexibility index (Phi) is 5.27. The molecule has 0 unspecified atom stereocenters. The summed E-state index contributed by atoms with van der Waals surface area (Å²) >= 11 is 6.29. The molecule has 0 radical (unpaired) electrons. The van der Waals surface area contributed by atoms with Crippen molar-refractivity contribution < 1.29 is 13.6 Å². The normalized spacial score (nSPS) is 21.0. The maximum absolute atomic E-state index is 14.7. The van der Waals surface area contributed by atoms with Gasteiger partial charge in [0.1, 0.15) is 12.0 Å². The molecule has 9 heteroatoms. The molecule has 1 aliphatic rings. The molecule has 3 rings (SSSR count). The number of piperidine rings is 1. The van der Waals surface area contributed by atoms with E-state index in [1.54, 1.807) is 11.8 Å². The summed E-state index contributed by atoms with van der Waals surface area (Å²) in [5.74, 6) is -1.44. The van der Waals surface area contributed by atoms with Crippen LogP contribution in [0.3, 0.4) is 0 Å². The van der Waals surface area contributed by atoms with Gasteiger partial charge in [0.2, 0.25) is 0 Å². The summed E-state index contributed by atoms with van der Waals surface area (Å²) in [6.07, 6.45) is -0.914. The number of aromatic nitrogens is 1. The Hall–Kier alpha value is -1.57. The molecule has 5 N–H and O–H groups in total. The predicted octanol–water partition coefficient (Wildman–Crippen LogP) is 2.67. The average Bonchev–Trinajstić information content (AvgIpc) is 2.73. The summed E-state index contributed by atoms with van der Waals surface area (Å²) in [5, 5.41) is 0.616. The number of alkyl halides is 1. The summed E-state index contributed by atoms with van der Waals surface area (Å²) in [5.41, 5.74) is 12.3. The Morgan fingerprint density at radius 1 is 1.46 bits per heavy atom. The van der Waals surface area contributed by atoms with Gasteiger partial charge in [-0.1, -0.05) is 11.6 Å². The van der Waals surface area contributed by atoms with Crippen molar-refractivity contribution in [3.8, 4) is 0 Å². The highest BCUT2D eigenvalue weighted by atomic mass is 35.5. The van der Waals surface area contributed by atoms with Crippen molar-refractivity contribution in [2.75, 3.05) is 18.0 Å². The van der Waals surface area contributed by atoms with E-state index in [9.17, 15) is 13.6 Å². The number of halogens is 4. The number of benzene rings is 1. The third-order valence-corrected chi connectivity index (χ3v) is 4.60. The number of aromatic amines is 1. The quantitative estimate of drug-likeness (QED) is 0.750. The van der Waals surface area contributed by atoms with Gasteiger partial charge in [-0.2, -0.15) is 0 Å². The van der Waals surface area contributed by atoms with Crippen LogP contribution in [0, 0.1) is 12.7 Å². The second kappa shape index (κ2) is 6.74. The van der Waals surface area contributed by atoms with Gasteiger partial charge in [0.15, 0.2) is 0 Å². The van der Waals surface area contributed by atoms with Crippen molar-refractivity contribution in [3.63, 3.8) is 0 Å². The zero-order valence-corrected chi connectivity index (χ0v) is 14.5. The summed E-state index contributed by atoms with van der Waals surface area (Å²) in [4.78, 5) is 16.1. The van der Waals surface area contributed by atoms with Crippen LogP contribution >= 0.6 is 24.0 Å². The summed E-state index contributed by atoms with van der Waals surface area (Å²) in [7, 11) is 0. The molecule has 0 aliphatic carbocycles. The Morgan fingerprint density at radius 3 is 2.71 bits per heavy atom. The van der Waals surface area contributed by atoms with Crippen LogP contribution in [0.4, 0.5) is 14.5 Å². The number of amides is 1. The molecule has 132 valence electrons. The summed E-state index contributed by atoms with van der Waals surface area (Å²) in [6, 6.07) is 0.655. The second-order valence-corrected chi connectivity index (χ2v) is 6.31. The van der Waals surface area contributed by atoms with E-state index in [0.29, 0.717) is 23.1 Å². The summed E-state index contributed by atoms with van der Waals surface area (Å²) in [6.45, 7) is 2.04. The lowest BCUT2D eigenvalue weighted by Gasteiger charge is -2.35. The predicted molar refractivity (Wildman–Crippen MR) is 93.5 cm³/mol. The van der Waals surface area contributed by atoms with E-state index in [1.807, 2.05) is 0 Å². The van der Waals surface area contributed by atoms with E-state index in [4.69, 9.17) is 23.1 Å². The van der Waals surface area contributed by atoms with Crippen molar-refractivity contribution in [2.24, 2.45) is 11.5 Å². The van der Waals surface area contributed by atoms with E-state index in [1.165, 1.54) is 0 Å². The Labute approximate surface area is 148 Å². The number of primary amides is 1. The molecule has 1 saturated heterocycles. The fourth-order valence-corrected chi connectivity index (χ4v) is 3.40. The molecule has 2 atom stereocenters. The molecular formula is C15H18Cl2F2N4O. The minimum atomic E-state index is -1.15. The third kappa shape index (κ3) is 3.03. The molecule has 1 aromatic carbocycles. The molecule has 1 aliphatic heterocycles. The minimum Gasteiger partial charge on any atom is -0.366 e. The molecule has 1 aromatic heterocycles. The summed E-state index contributed by atoms with van der Waals surface area (Å²) < 4.78 is 28.5. The second-order valence-electron chi connectivity index (χ2n) is 5.93. The monoisotopic (exact) mass is 378 g/mol. The third-order valence-electron chi connectivity index (χ3n) is 4.13. The van der Waals surface area contributed by atoms with E-state index < -0.39 is 23.9 Å². The maximum atomic E-state index is 14.7. The van der Waals surface area contributed by atoms with Gasteiger partial charge in [-0.3, -0.25) is 4.79 Å². The van der Waals surface area contributed by atoms with Crippen molar-refractivity contribution >= 4 is 46.5 Å². The van der Waals surface area contributed by atoms with Crippen LogP contribution in [-0.2, 0) is 0 Å². The number of nitrogens with two attached hydrogens (primary N) is 2. The van der Waals surface area contributed by atoms with E-state index >= 15 is 0 Å². The number of anilines is 1. The number of aryl methyl sites for hydroxylation is 1. The van der Waals surface area contributed by atoms with Crippen molar-refractivity contribution in [1.82, 2.24) is 4.98 Å². The lowest BCUT2D eigenvalue weighted by molar-refractivity contribution is 0.100. The number of carbonyl (C=O) groups is 1. The lowest BCUT2D eigenvalue weighted by Crippen LogP contribution is -2.48. The standard InChI is InChI=1S/C15H17ClF2N4O.ClH/c1-6-12(16)11-13(21-6)9(15(20)23)3-10(18)14(11)22-4-7(17)2-8(19)5-22;/h3,7-8,21H,2,4-5,19H2,1H3,(H2,20,23);1H/t7-,8+;/m1./s1. The van der Waals surface area contributed by atoms with Crippen LogP contribution < -0.4 is 16.4 Å². The Balaban J connectivity index is 0.00000208. The van der Waals surface area contributed by atoms with Crippen LogP contribution in [-0.4, -0.2) is 36.2 Å². The highest BCUT2D eigenvalue weighted by Crippen LogP contribution is 2.40. The molecule has 0 spiro atoms. The molecule has 5 nitrogen and oxygen atoms in total. The Bertz CT molecular complexity index is 786. The van der Waals surface area contributed by atoms with Gasteiger partial charge in [-0.05, 0) is 19.4 Å². The van der Waals surface area contributed by atoms with Crippen LogP contribution in [0.1, 0.15) is 22.5 Å². The molecule has 2 aromatic rings. The smallest absolute Gasteiger partial charge is 0.250 e. The van der Waals surface area contributed by atoms with Crippen molar-refractivity contribution in [2.45, 2.75) is 25.6 Å². The first-order chi connectivity index (χ1) is 10.8. The SMILES string of the molecule is Cc1[nH]c2c(C(N)=O)cc(F)c(N3C[C@@H](N)C[C@@H](F)C3)c2c1Cl.Cl. The molecule has 1 amide bonds. The number of H-pyrrole nitrogens is 1. The van der Waals surface area contributed by atoms with E-state index in [-0.39, 0.29) is 41.6 Å². The number of carbonyl (C=O) groups excluding carboxylic acids is 1. The van der Waals surface area contributed by atoms with Crippen molar-refractivity contribution in [1.29, 1.82) is 0 Å². The first-order valence-electron chi connectivity index (χ1n) is 7.24. The number of hydrogen-bond acceptors (Lipinski definition) is 3. The van der Waals surface area contributed by atoms with Gasteiger partial charge in [-0.15, -0.1) is 12.4 Å². The van der Waals surface area contributed by atoms with Gasteiger partial charge in [0, 0.05) is 30.2 Å². The van der Waals surface area contributed by atoms with Gasteiger partial charge >= 0.3 is 0 Å². The van der Waals surface area contributed by atoms with Gasteiger partial charge in [-0.25, -0.2) is 8.78 Å². The highest BCUT2D eigenvalue weighted by Gasteiger charge is 2.30. The molecule has 24 heavy (non-hydrogen) atoms. The number of nitrogens with one attached hydrogen (secondary N) is 1. The molecular weight excluding hydrogens is 361 g/mol. The van der Waals surface area contributed by atoms with Crippen molar-refractivity contribution in [3.05, 3.63) is 28.2 Å². The zero-order chi connectivity index (χ0) is 16.9. The van der Waals surface area contributed by atoms with E-state index in [2.05, 4.69) is 4.98 Å². The van der Waals surface area contributed by atoms with E-state index in [0.717, 1.165) is 6.07 Å². The van der Waals surface area contributed by atoms with Crippen LogP contribution in [0.15, 0.2) is 6.07 Å². The topological polar surface area (TPSA) is 88.1 Å². The molecule has 1 fully saturated rings. The molecule has 0 saturated carbocycles. The molecule has 0 bridgehead atoms. The first kappa shape index (κ1) is 18.8. The largest absolute Gasteiger partial charge is 0.366 e. The zero-order valence-electron chi connectivity index (χ0n) is 12.9. The average molecular weight is 379 g/mol. The van der Waals surface area contributed by atoms with Crippen LogP contribution in [0.25, 0.3) is 10.9 Å². The number of fused-ring (bicyclic) bond motifs is 1.